The van der Waals surface area contributed by atoms with Crippen molar-refractivity contribution in [1.82, 2.24) is 9.80 Å². The van der Waals surface area contributed by atoms with Crippen LogP contribution in [0.2, 0.25) is 0 Å². The zero-order chi connectivity index (χ0) is 24.9. The molecule has 6 heteroatoms. The molecule has 1 saturated carbocycles. The van der Waals surface area contributed by atoms with Crippen molar-refractivity contribution >= 4 is 6.09 Å². The summed E-state index contributed by atoms with van der Waals surface area (Å²) in [6.45, 7) is 9.30. The van der Waals surface area contributed by atoms with Crippen molar-refractivity contribution in [3.05, 3.63) is 65.7 Å². The lowest BCUT2D eigenvalue weighted by atomic mass is 9.69. The first-order valence-electron chi connectivity index (χ1n) is 12.7. The molecule has 1 saturated heterocycles. The average Bonchev–Trinajstić information content (AvgIpc) is 2.87. The molecule has 1 aliphatic heterocycles. The Labute approximate surface area is 209 Å². The number of carbonyl (C=O) groups is 1. The molecule has 1 heterocycles. The maximum atomic E-state index is 12.4. The molecule has 0 aromatic heterocycles. The highest BCUT2D eigenvalue weighted by Gasteiger charge is 2.40. The minimum Gasteiger partial charge on any atom is -0.489 e. The summed E-state index contributed by atoms with van der Waals surface area (Å²) in [4.78, 5) is 16.7. The second-order valence-corrected chi connectivity index (χ2v) is 10.7. The molecule has 1 aliphatic carbocycles. The quantitative estimate of drug-likeness (QED) is 0.569. The summed E-state index contributed by atoms with van der Waals surface area (Å²) in [5.74, 6) is 0.807. The molecule has 0 spiro atoms. The van der Waals surface area contributed by atoms with Crippen molar-refractivity contribution in [3.8, 4) is 11.8 Å². The summed E-state index contributed by atoms with van der Waals surface area (Å²) >= 11 is 0. The van der Waals surface area contributed by atoms with Gasteiger partial charge in [0.25, 0.3) is 0 Å². The second kappa shape index (κ2) is 10.7. The molecule has 186 valence electrons. The highest BCUT2D eigenvalue weighted by molar-refractivity contribution is 5.68. The SMILES string of the molecule is CC(C)(C)OC(=O)N1CCN(C2CCC(C#N)(c3cccc(OCc4ccccc4)c3)CC2)CC1. The van der Waals surface area contributed by atoms with Gasteiger partial charge in [0.15, 0.2) is 0 Å². The van der Waals surface area contributed by atoms with E-state index in [1.165, 1.54) is 0 Å². The van der Waals surface area contributed by atoms with Crippen LogP contribution in [0.5, 0.6) is 5.75 Å². The summed E-state index contributed by atoms with van der Waals surface area (Å²) in [6, 6.07) is 21.3. The summed E-state index contributed by atoms with van der Waals surface area (Å²) in [6.07, 6.45) is 3.41. The summed E-state index contributed by atoms with van der Waals surface area (Å²) in [5, 5.41) is 10.2. The molecule has 2 aromatic carbocycles. The van der Waals surface area contributed by atoms with E-state index in [9.17, 15) is 10.1 Å². The first-order valence-corrected chi connectivity index (χ1v) is 12.7. The van der Waals surface area contributed by atoms with Gasteiger partial charge in [-0.25, -0.2) is 4.79 Å². The topological polar surface area (TPSA) is 65.8 Å². The van der Waals surface area contributed by atoms with Crippen molar-refractivity contribution in [2.24, 2.45) is 0 Å². The number of rotatable bonds is 5. The predicted octanol–water partition coefficient (Wildman–Crippen LogP) is 5.52. The van der Waals surface area contributed by atoms with E-state index in [1.807, 2.05) is 62.1 Å². The third kappa shape index (κ3) is 6.35. The molecule has 4 rings (SSSR count). The van der Waals surface area contributed by atoms with Crippen LogP contribution in [0.15, 0.2) is 54.6 Å². The van der Waals surface area contributed by atoms with E-state index in [0.717, 1.165) is 55.6 Å². The lowest BCUT2D eigenvalue weighted by molar-refractivity contribution is 0.00722. The lowest BCUT2D eigenvalue weighted by Gasteiger charge is -2.44. The van der Waals surface area contributed by atoms with Crippen LogP contribution in [0, 0.1) is 11.3 Å². The zero-order valence-corrected chi connectivity index (χ0v) is 21.2. The summed E-state index contributed by atoms with van der Waals surface area (Å²) in [7, 11) is 0. The highest BCUT2D eigenvalue weighted by Crippen LogP contribution is 2.41. The molecular weight excluding hydrogens is 438 g/mol. The number of ether oxygens (including phenoxy) is 2. The van der Waals surface area contributed by atoms with Gasteiger partial charge in [-0.3, -0.25) is 4.90 Å². The van der Waals surface area contributed by atoms with Crippen LogP contribution >= 0.6 is 0 Å². The Hall–Kier alpha value is -3.04. The van der Waals surface area contributed by atoms with Gasteiger partial charge in [-0.1, -0.05) is 42.5 Å². The van der Waals surface area contributed by atoms with Gasteiger partial charge in [-0.2, -0.15) is 5.26 Å². The van der Waals surface area contributed by atoms with E-state index < -0.39 is 11.0 Å². The van der Waals surface area contributed by atoms with Gasteiger partial charge in [0.05, 0.1) is 11.5 Å². The van der Waals surface area contributed by atoms with Gasteiger partial charge < -0.3 is 14.4 Å². The van der Waals surface area contributed by atoms with E-state index in [1.54, 1.807) is 0 Å². The fraction of sp³-hybridized carbons (Fsp3) is 0.517. The van der Waals surface area contributed by atoms with Gasteiger partial charge in [-0.15, -0.1) is 0 Å². The van der Waals surface area contributed by atoms with Crippen LogP contribution in [-0.4, -0.2) is 53.7 Å². The Kier molecular flexibility index (Phi) is 7.66. The summed E-state index contributed by atoms with van der Waals surface area (Å²) < 4.78 is 11.6. The van der Waals surface area contributed by atoms with Crippen LogP contribution in [0.25, 0.3) is 0 Å². The number of nitriles is 1. The van der Waals surface area contributed by atoms with Crippen LogP contribution < -0.4 is 4.74 Å². The monoisotopic (exact) mass is 475 g/mol. The fourth-order valence-corrected chi connectivity index (χ4v) is 5.15. The Morgan fingerprint density at radius 1 is 1.03 bits per heavy atom. The molecule has 35 heavy (non-hydrogen) atoms. The zero-order valence-electron chi connectivity index (χ0n) is 21.2. The van der Waals surface area contributed by atoms with Gasteiger partial charge in [0.1, 0.15) is 18.0 Å². The van der Waals surface area contributed by atoms with Crippen LogP contribution in [0.4, 0.5) is 4.79 Å². The molecule has 0 unspecified atom stereocenters. The first kappa shape index (κ1) is 25.1. The maximum absolute atomic E-state index is 12.4. The molecule has 0 atom stereocenters. The van der Waals surface area contributed by atoms with Gasteiger partial charge in [-0.05, 0) is 69.7 Å². The molecule has 2 aliphatic rings. The molecule has 6 nitrogen and oxygen atoms in total. The standard InChI is InChI=1S/C29H37N3O3/c1-28(2,3)35-27(33)32-18-16-31(17-19-32)25-12-14-29(22-30,15-13-25)24-10-7-11-26(20-24)34-21-23-8-5-4-6-9-23/h4-11,20,25H,12-19,21H2,1-3H3. The molecule has 0 bridgehead atoms. The van der Waals surface area contributed by atoms with Gasteiger partial charge >= 0.3 is 6.09 Å². The molecule has 1 amide bonds. The normalized spacial score (nSPS) is 23.4. The largest absolute Gasteiger partial charge is 0.489 e. The molecule has 0 radical (unpaired) electrons. The van der Waals surface area contributed by atoms with Crippen molar-refractivity contribution in [2.75, 3.05) is 26.2 Å². The van der Waals surface area contributed by atoms with Crippen molar-refractivity contribution in [3.63, 3.8) is 0 Å². The van der Waals surface area contributed by atoms with Gasteiger partial charge in [0.2, 0.25) is 0 Å². The van der Waals surface area contributed by atoms with E-state index in [2.05, 4.69) is 29.2 Å². The van der Waals surface area contributed by atoms with Crippen LogP contribution in [-0.2, 0) is 16.8 Å². The maximum Gasteiger partial charge on any atom is 0.410 e. The molecular formula is C29H37N3O3. The van der Waals surface area contributed by atoms with Crippen molar-refractivity contribution in [1.29, 1.82) is 5.26 Å². The lowest BCUT2D eigenvalue weighted by Crippen LogP contribution is -2.54. The van der Waals surface area contributed by atoms with Crippen LogP contribution in [0.1, 0.15) is 57.6 Å². The smallest absolute Gasteiger partial charge is 0.410 e. The fourth-order valence-electron chi connectivity index (χ4n) is 5.15. The minimum absolute atomic E-state index is 0.223. The Morgan fingerprint density at radius 3 is 2.34 bits per heavy atom. The van der Waals surface area contributed by atoms with Crippen molar-refractivity contribution in [2.45, 2.75) is 70.1 Å². The molecule has 0 N–H and O–H groups in total. The molecule has 2 fully saturated rings. The Bertz CT molecular complexity index is 1030. The van der Waals surface area contributed by atoms with E-state index in [4.69, 9.17) is 9.47 Å². The van der Waals surface area contributed by atoms with E-state index in [-0.39, 0.29) is 6.09 Å². The number of hydrogen-bond acceptors (Lipinski definition) is 5. The van der Waals surface area contributed by atoms with Gasteiger partial charge in [0, 0.05) is 32.2 Å². The number of piperazine rings is 1. The molecule has 2 aromatic rings. The highest BCUT2D eigenvalue weighted by atomic mass is 16.6. The average molecular weight is 476 g/mol. The van der Waals surface area contributed by atoms with Crippen LogP contribution in [0.3, 0.4) is 0 Å². The summed E-state index contributed by atoms with van der Waals surface area (Å²) in [5.41, 5.74) is 1.24. The first-order chi connectivity index (χ1) is 16.8. The minimum atomic E-state index is -0.471. The number of nitrogens with zero attached hydrogens (tertiary/aromatic N) is 3. The number of hydrogen-bond donors (Lipinski definition) is 0. The third-order valence-corrected chi connectivity index (χ3v) is 7.14. The van der Waals surface area contributed by atoms with Crippen molar-refractivity contribution < 1.29 is 14.3 Å². The number of benzene rings is 2. The number of amides is 1. The second-order valence-electron chi connectivity index (χ2n) is 10.7. The number of carbonyl (C=O) groups excluding carboxylic acids is 1. The van der Waals surface area contributed by atoms with E-state index in [0.29, 0.717) is 25.7 Å². The predicted molar refractivity (Wildman–Crippen MR) is 136 cm³/mol. The van der Waals surface area contributed by atoms with E-state index >= 15 is 0 Å². The Morgan fingerprint density at radius 2 is 1.71 bits per heavy atom. The Balaban J connectivity index is 1.32. The third-order valence-electron chi connectivity index (χ3n) is 7.14.